The zero-order valence-corrected chi connectivity index (χ0v) is 16.0. The lowest BCUT2D eigenvalue weighted by Crippen LogP contribution is -2.49. The molecule has 3 N–H and O–H groups in total. The zero-order valence-electron chi connectivity index (χ0n) is 15.3. The van der Waals surface area contributed by atoms with Gasteiger partial charge in [0.1, 0.15) is 5.17 Å². The van der Waals surface area contributed by atoms with Crippen molar-refractivity contribution in [3.8, 4) is 0 Å². The maximum Gasteiger partial charge on any atom is 0.248 e. The number of halogens is 1. The summed E-state index contributed by atoms with van der Waals surface area (Å²) in [6, 6.07) is 8.99. The third-order valence-corrected chi connectivity index (χ3v) is 5.60. The van der Waals surface area contributed by atoms with Crippen LogP contribution < -0.4 is 21.0 Å². The number of para-hydroxylation sites is 1. The van der Waals surface area contributed by atoms with Crippen molar-refractivity contribution in [1.82, 2.24) is 16.1 Å². The second-order valence-electron chi connectivity index (χ2n) is 7.23. The second kappa shape index (κ2) is 7.74. The first-order valence-electron chi connectivity index (χ1n) is 9.35. The summed E-state index contributed by atoms with van der Waals surface area (Å²) in [7, 11) is 0. The van der Waals surface area contributed by atoms with Crippen molar-refractivity contribution in [2.75, 3.05) is 24.5 Å². The van der Waals surface area contributed by atoms with E-state index >= 15 is 0 Å². The number of hydrogen-bond acceptors (Lipinski definition) is 5. The molecule has 1 amide bonds. The number of hydrazone groups is 1. The average molecular weight is 386 g/mol. The van der Waals surface area contributed by atoms with Gasteiger partial charge in [-0.25, -0.2) is 5.43 Å². The maximum absolute atomic E-state index is 11.9. The summed E-state index contributed by atoms with van der Waals surface area (Å²) in [6.07, 6.45) is 5.83. The van der Waals surface area contributed by atoms with Crippen LogP contribution in [0.3, 0.4) is 0 Å². The molecular weight excluding hydrogens is 362 g/mol. The quantitative estimate of drug-likeness (QED) is 0.741. The summed E-state index contributed by atoms with van der Waals surface area (Å²) in [4.78, 5) is 14.4. The SMILES string of the molecule is C[C@@H]1CN(c2ccccc2CNC2=CC3C(Cl)=NNC(=O)C3C=C2)CCN1. The zero-order chi connectivity index (χ0) is 18.8. The van der Waals surface area contributed by atoms with Crippen LogP contribution >= 0.6 is 11.6 Å². The van der Waals surface area contributed by atoms with Crippen LogP contribution in [-0.2, 0) is 11.3 Å². The number of carbonyl (C=O) groups excluding carboxylic acids is 1. The lowest BCUT2D eigenvalue weighted by molar-refractivity contribution is -0.124. The van der Waals surface area contributed by atoms with E-state index in [1.807, 2.05) is 18.2 Å². The normalized spacial score (nSPS) is 27.4. The molecule has 0 spiro atoms. The highest BCUT2D eigenvalue weighted by Gasteiger charge is 2.33. The Bertz CT molecular complexity index is 818. The summed E-state index contributed by atoms with van der Waals surface area (Å²) < 4.78 is 0. The lowest BCUT2D eigenvalue weighted by atomic mass is 9.86. The Balaban J connectivity index is 1.47. The Morgan fingerprint density at radius 2 is 2.19 bits per heavy atom. The highest BCUT2D eigenvalue weighted by Crippen LogP contribution is 2.28. The number of fused-ring (bicyclic) bond motifs is 1. The predicted molar refractivity (Wildman–Crippen MR) is 109 cm³/mol. The van der Waals surface area contributed by atoms with Crippen LogP contribution in [-0.4, -0.2) is 36.8 Å². The molecule has 27 heavy (non-hydrogen) atoms. The van der Waals surface area contributed by atoms with Gasteiger partial charge in [0.2, 0.25) is 5.91 Å². The van der Waals surface area contributed by atoms with Crippen LogP contribution in [0.5, 0.6) is 0 Å². The molecule has 3 atom stereocenters. The molecule has 1 saturated heterocycles. The third-order valence-electron chi connectivity index (χ3n) is 5.26. The Hall–Kier alpha value is -2.31. The number of nitrogens with one attached hydrogen (secondary N) is 3. The average Bonchev–Trinajstić information content (AvgIpc) is 2.69. The molecule has 1 aromatic rings. The summed E-state index contributed by atoms with van der Waals surface area (Å²) in [5.74, 6) is -0.596. The van der Waals surface area contributed by atoms with E-state index in [1.165, 1.54) is 11.3 Å². The van der Waals surface area contributed by atoms with Crippen LogP contribution in [0.1, 0.15) is 12.5 Å². The Morgan fingerprint density at radius 3 is 3.04 bits per heavy atom. The van der Waals surface area contributed by atoms with Crippen LogP contribution in [0.4, 0.5) is 5.69 Å². The van der Waals surface area contributed by atoms with Crippen molar-refractivity contribution in [2.24, 2.45) is 16.9 Å². The molecule has 0 radical (unpaired) electrons. The van der Waals surface area contributed by atoms with E-state index in [2.05, 4.69) is 57.2 Å². The van der Waals surface area contributed by atoms with E-state index in [-0.39, 0.29) is 17.7 Å². The standard InChI is InChI=1S/C20H24ClN5O/c1-13-12-26(9-8-22-13)18-5-3-2-4-14(18)11-23-15-6-7-16-17(10-15)19(21)24-25-20(16)27/h2-7,10,13,16-17,22-23H,8-9,11-12H2,1H3,(H,25,27)/t13-,16?,17?/m1/s1. The molecule has 6 nitrogen and oxygen atoms in total. The molecule has 2 heterocycles. The molecular formula is C20H24ClN5O. The summed E-state index contributed by atoms with van der Waals surface area (Å²) in [6.45, 7) is 5.94. The van der Waals surface area contributed by atoms with Gasteiger partial charge in [-0.1, -0.05) is 42.0 Å². The monoisotopic (exact) mass is 385 g/mol. The molecule has 0 saturated carbocycles. The van der Waals surface area contributed by atoms with Gasteiger partial charge in [0.25, 0.3) is 0 Å². The third kappa shape index (κ3) is 3.87. The number of anilines is 1. The fourth-order valence-corrected chi connectivity index (χ4v) is 4.08. The molecule has 3 aliphatic rings. The summed E-state index contributed by atoms with van der Waals surface area (Å²) in [5, 5.41) is 11.3. The molecule has 7 heteroatoms. The fraction of sp³-hybridized carbons (Fsp3) is 0.400. The van der Waals surface area contributed by atoms with Crippen LogP contribution in [0, 0.1) is 11.8 Å². The van der Waals surface area contributed by atoms with Crippen molar-refractivity contribution in [3.05, 3.63) is 53.8 Å². The largest absolute Gasteiger partial charge is 0.381 e. The number of nitrogens with zero attached hydrogens (tertiary/aromatic N) is 2. The van der Waals surface area contributed by atoms with Crippen molar-refractivity contribution in [3.63, 3.8) is 0 Å². The van der Waals surface area contributed by atoms with E-state index in [1.54, 1.807) is 0 Å². The van der Waals surface area contributed by atoms with Gasteiger partial charge in [-0.3, -0.25) is 4.79 Å². The molecule has 4 rings (SSSR count). The van der Waals surface area contributed by atoms with Crippen molar-refractivity contribution >= 4 is 28.4 Å². The molecule has 2 unspecified atom stereocenters. The first-order chi connectivity index (χ1) is 13.1. The van der Waals surface area contributed by atoms with Gasteiger partial charge in [-0.05, 0) is 24.6 Å². The fourth-order valence-electron chi connectivity index (χ4n) is 3.84. The van der Waals surface area contributed by atoms with E-state index in [0.717, 1.165) is 25.3 Å². The van der Waals surface area contributed by atoms with Gasteiger partial charge < -0.3 is 15.5 Å². The predicted octanol–water partition coefficient (Wildman–Crippen LogP) is 1.94. The van der Waals surface area contributed by atoms with E-state index < -0.39 is 0 Å². The van der Waals surface area contributed by atoms with Gasteiger partial charge in [-0.15, -0.1) is 0 Å². The number of hydrogen-bond donors (Lipinski definition) is 3. The minimum atomic E-state index is -0.282. The topological polar surface area (TPSA) is 68.8 Å². The number of amides is 1. The Morgan fingerprint density at radius 1 is 1.33 bits per heavy atom. The van der Waals surface area contributed by atoms with Gasteiger partial charge in [-0.2, -0.15) is 5.10 Å². The molecule has 1 aromatic carbocycles. The molecule has 2 aliphatic heterocycles. The summed E-state index contributed by atoms with van der Waals surface area (Å²) in [5.41, 5.74) is 5.94. The molecule has 0 bridgehead atoms. The van der Waals surface area contributed by atoms with Gasteiger partial charge >= 0.3 is 0 Å². The van der Waals surface area contributed by atoms with E-state index in [0.29, 0.717) is 17.8 Å². The van der Waals surface area contributed by atoms with Crippen LogP contribution in [0.25, 0.3) is 0 Å². The van der Waals surface area contributed by atoms with Gasteiger partial charge in [0, 0.05) is 49.5 Å². The first-order valence-corrected chi connectivity index (χ1v) is 9.72. The molecule has 1 aliphatic carbocycles. The molecule has 1 fully saturated rings. The van der Waals surface area contributed by atoms with Crippen molar-refractivity contribution in [1.29, 1.82) is 0 Å². The Labute approximate surface area is 164 Å². The minimum Gasteiger partial charge on any atom is -0.381 e. The second-order valence-corrected chi connectivity index (χ2v) is 7.61. The smallest absolute Gasteiger partial charge is 0.248 e. The highest BCUT2D eigenvalue weighted by atomic mass is 35.5. The van der Waals surface area contributed by atoms with E-state index in [9.17, 15) is 4.79 Å². The summed E-state index contributed by atoms with van der Waals surface area (Å²) >= 11 is 6.19. The van der Waals surface area contributed by atoms with Crippen LogP contribution in [0.15, 0.2) is 53.3 Å². The van der Waals surface area contributed by atoms with Gasteiger partial charge in [0.15, 0.2) is 0 Å². The number of allylic oxidation sites excluding steroid dienone is 2. The number of piperazine rings is 1. The number of benzene rings is 1. The lowest BCUT2D eigenvalue weighted by Gasteiger charge is -2.35. The van der Waals surface area contributed by atoms with Crippen LogP contribution in [0.2, 0.25) is 0 Å². The number of carbonyl (C=O) groups is 1. The molecule has 0 aromatic heterocycles. The van der Waals surface area contributed by atoms with Crippen molar-refractivity contribution < 1.29 is 4.79 Å². The minimum absolute atomic E-state index is 0.117. The number of rotatable bonds is 4. The maximum atomic E-state index is 11.9. The van der Waals surface area contributed by atoms with Gasteiger partial charge in [0.05, 0.1) is 5.92 Å². The van der Waals surface area contributed by atoms with E-state index in [4.69, 9.17) is 11.6 Å². The Kier molecular flexibility index (Phi) is 5.18. The highest BCUT2D eigenvalue weighted by molar-refractivity contribution is 6.66. The molecule has 142 valence electrons. The first kappa shape index (κ1) is 18.1. The van der Waals surface area contributed by atoms with Crippen molar-refractivity contribution in [2.45, 2.75) is 19.5 Å².